The Kier molecular flexibility index (Phi) is 4.54. The lowest BCUT2D eigenvalue weighted by molar-refractivity contribution is 0.575. The maximum absolute atomic E-state index is 13.9. The van der Waals surface area contributed by atoms with Gasteiger partial charge in [-0.3, -0.25) is 0 Å². The summed E-state index contributed by atoms with van der Waals surface area (Å²) in [6.07, 6.45) is 0. The molecule has 2 aromatic carbocycles. The lowest BCUT2D eigenvalue weighted by atomic mass is 9.98. The molecular weight excluding hydrogens is 361 g/mol. The van der Waals surface area contributed by atoms with Gasteiger partial charge in [0.1, 0.15) is 5.82 Å². The topological polar surface area (TPSA) is 12.0 Å². The zero-order valence-corrected chi connectivity index (χ0v) is 12.9. The van der Waals surface area contributed by atoms with Crippen LogP contribution < -0.4 is 5.32 Å². The quantitative estimate of drug-likeness (QED) is 0.826. The van der Waals surface area contributed by atoms with Crippen molar-refractivity contribution in [2.75, 3.05) is 7.05 Å². The Bertz CT molecular complexity index is 557. The molecule has 0 heterocycles. The third-order valence-electron chi connectivity index (χ3n) is 2.77. The van der Waals surface area contributed by atoms with Gasteiger partial charge in [0.15, 0.2) is 0 Å². The molecule has 0 aliphatic carbocycles. The molecule has 0 amide bonds. The van der Waals surface area contributed by atoms with Gasteiger partial charge in [-0.1, -0.05) is 50.1 Å². The molecule has 2 rings (SSSR count). The predicted molar refractivity (Wildman–Crippen MR) is 79.1 cm³/mol. The van der Waals surface area contributed by atoms with E-state index in [2.05, 4.69) is 37.2 Å². The molecular formula is C14H12Br2FN. The number of halogens is 3. The van der Waals surface area contributed by atoms with Crippen LogP contribution in [0.15, 0.2) is 51.4 Å². The van der Waals surface area contributed by atoms with Crippen LogP contribution in [0.1, 0.15) is 17.2 Å². The fourth-order valence-electron chi connectivity index (χ4n) is 1.92. The van der Waals surface area contributed by atoms with Crippen molar-refractivity contribution < 1.29 is 4.39 Å². The molecule has 0 aromatic heterocycles. The minimum Gasteiger partial charge on any atom is -0.309 e. The molecule has 94 valence electrons. The molecule has 1 nitrogen and oxygen atoms in total. The lowest BCUT2D eigenvalue weighted by Gasteiger charge is -2.19. The minimum absolute atomic E-state index is 0.182. The molecule has 0 saturated heterocycles. The number of hydrogen-bond donors (Lipinski definition) is 1. The average molecular weight is 373 g/mol. The normalized spacial score (nSPS) is 12.4. The van der Waals surface area contributed by atoms with Gasteiger partial charge in [0.2, 0.25) is 0 Å². The van der Waals surface area contributed by atoms with E-state index < -0.39 is 0 Å². The van der Waals surface area contributed by atoms with Crippen molar-refractivity contribution in [2.24, 2.45) is 0 Å². The molecule has 0 fully saturated rings. The summed E-state index contributed by atoms with van der Waals surface area (Å²) in [5.41, 5.74) is 1.63. The van der Waals surface area contributed by atoms with Crippen LogP contribution in [0.5, 0.6) is 0 Å². The molecule has 2 aromatic rings. The SMILES string of the molecule is CNC(c1cc(Br)ccc1F)c1ccccc1Br. The summed E-state index contributed by atoms with van der Waals surface area (Å²) in [5, 5.41) is 3.15. The molecule has 0 spiro atoms. The zero-order chi connectivity index (χ0) is 13.1. The molecule has 1 N–H and O–H groups in total. The van der Waals surface area contributed by atoms with E-state index in [0.29, 0.717) is 5.56 Å². The molecule has 0 aliphatic heterocycles. The van der Waals surface area contributed by atoms with Crippen molar-refractivity contribution in [1.29, 1.82) is 0 Å². The van der Waals surface area contributed by atoms with Gasteiger partial charge in [-0.2, -0.15) is 0 Å². The maximum atomic E-state index is 13.9. The van der Waals surface area contributed by atoms with E-state index >= 15 is 0 Å². The molecule has 18 heavy (non-hydrogen) atoms. The monoisotopic (exact) mass is 371 g/mol. The second-order valence-corrected chi connectivity index (χ2v) is 5.68. The Hall–Kier alpha value is -0.710. The Morgan fingerprint density at radius 1 is 1.06 bits per heavy atom. The van der Waals surface area contributed by atoms with Gasteiger partial charge >= 0.3 is 0 Å². The molecule has 0 saturated carbocycles. The standard InChI is InChI=1S/C14H12Br2FN/c1-18-14(10-4-2-3-5-12(10)16)11-8-9(15)6-7-13(11)17/h2-8,14,18H,1H3. The second kappa shape index (κ2) is 5.95. The molecule has 1 atom stereocenters. The number of hydrogen-bond acceptors (Lipinski definition) is 1. The first-order chi connectivity index (χ1) is 8.63. The van der Waals surface area contributed by atoms with E-state index in [9.17, 15) is 4.39 Å². The number of nitrogens with one attached hydrogen (secondary N) is 1. The van der Waals surface area contributed by atoms with Gasteiger partial charge < -0.3 is 5.32 Å². The summed E-state index contributed by atoms with van der Waals surface area (Å²) in [6.45, 7) is 0. The van der Waals surface area contributed by atoms with Crippen molar-refractivity contribution in [3.8, 4) is 0 Å². The average Bonchev–Trinajstić information content (AvgIpc) is 2.36. The Morgan fingerprint density at radius 2 is 1.78 bits per heavy atom. The molecule has 0 bridgehead atoms. The maximum Gasteiger partial charge on any atom is 0.128 e. The van der Waals surface area contributed by atoms with E-state index in [0.717, 1.165) is 14.5 Å². The van der Waals surface area contributed by atoms with E-state index in [-0.39, 0.29) is 11.9 Å². The van der Waals surface area contributed by atoms with Crippen LogP contribution in [0.3, 0.4) is 0 Å². The first-order valence-electron chi connectivity index (χ1n) is 5.50. The van der Waals surface area contributed by atoms with Crippen LogP contribution in [-0.4, -0.2) is 7.05 Å². The number of benzene rings is 2. The highest BCUT2D eigenvalue weighted by Crippen LogP contribution is 2.31. The van der Waals surface area contributed by atoms with Gasteiger partial charge in [0.05, 0.1) is 6.04 Å². The summed E-state index contributed by atoms with van der Waals surface area (Å²) in [4.78, 5) is 0. The molecule has 1 unspecified atom stereocenters. The van der Waals surface area contributed by atoms with Crippen LogP contribution >= 0.6 is 31.9 Å². The van der Waals surface area contributed by atoms with Gasteiger partial charge in [-0.25, -0.2) is 4.39 Å². The van der Waals surface area contributed by atoms with Gasteiger partial charge in [-0.15, -0.1) is 0 Å². The van der Waals surface area contributed by atoms with E-state index in [1.807, 2.05) is 31.3 Å². The Balaban J connectivity index is 2.52. The molecule has 0 radical (unpaired) electrons. The van der Waals surface area contributed by atoms with E-state index in [1.165, 1.54) is 6.07 Å². The van der Waals surface area contributed by atoms with E-state index in [1.54, 1.807) is 12.1 Å². The van der Waals surface area contributed by atoms with Gasteiger partial charge in [0.25, 0.3) is 0 Å². The fraction of sp³-hybridized carbons (Fsp3) is 0.143. The third-order valence-corrected chi connectivity index (χ3v) is 3.99. The minimum atomic E-state index is -0.215. The van der Waals surface area contributed by atoms with E-state index in [4.69, 9.17) is 0 Å². The summed E-state index contributed by atoms with van der Waals surface area (Å²) in [5.74, 6) is -0.215. The second-order valence-electron chi connectivity index (χ2n) is 3.91. The first-order valence-corrected chi connectivity index (χ1v) is 7.08. The van der Waals surface area contributed by atoms with Crippen molar-refractivity contribution >= 4 is 31.9 Å². The summed E-state index contributed by atoms with van der Waals surface area (Å²) in [7, 11) is 1.82. The van der Waals surface area contributed by atoms with Crippen molar-refractivity contribution in [1.82, 2.24) is 5.32 Å². The number of rotatable bonds is 3. The van der Waals surface area contributed by atoms with Crippen LogP contribution in [0.2, 0.25) is 0 Å². The van der Waals surface area contributed by atoms with Crippen molar-refractivity contribution in [3.63, 3.8) is 0 Å². The highest BCUT2D eigenvalue weighted by molar-refractivity contribution is 9.10. The third kappa shape index (κ3) is 2.82. The highest BCUT2D eigenvalue weighted by atomic mass is 79.9. The Morgan fingerprint density at radius 3 is 2.44 bits per heavy atom. The van der Waals surface area contributed by atoms with Crippen molar-refractivity contribution in [3.05, 3.63) is 68.4 Å². The Labute approximate surface area is 123 Å². The van der Waals surface area contributed by atoms with Crippen molar-refractivity contribution in [2.45, 2.75) is 6.04 Å². The lowest BCUT2D eigenvalue weighted by Crippen LogP contribution is -2.19. The predicted octanol–water partition coefficient (Wildman–Crippen LogP) is 4.66. The summed E-state index contributed by atoms with van der Waals surface area (Å²) < 4.78 is 15.8. The smallest absolute Gasteiger partial charge is 0.128 e. The van der Waals surface area contributed by atoms with Crippen LogP contribution in [-0.2, 0) is 0 Å². The van der Waals surface area contributed by atoms with Gasteiger partial charge in [-0.05, 0) is 36.9 Å². The summed E-state index contributed by atoms with van der Waals surface area (Å²) >= 11 is 6.88. The van der Waals surface area contributed by atoms with Crippen LogP contribution in [0.4, 0.5) is 4.39 Å². The highest BCUT2D eigenvalue weighted by Gasteiger charge is 2.18. The largest absolute Gasteiger partial charge is 0.309 e. The first kappa shape index (κ1) is 13.7. The fourth-order valence-corrected chi connectivity index (χ4v) is 2.82. The zero-order valence-electron chi connectivity index (χ0n) is 9.75. The van der Waals surface area contributed by atoms with Crippen LogP contribution in [0, 0.1) is 5.82 Å². The molecule has 4 heteroatoms. The van der Waals surface area contributed by atoms with Crippen LogP contribution in [0.25, 0.3) is 0 Å². The van der Waals surface area contributed by atoms with Gasteiger partial charge in [0, 0.05) is 14.5 Å². The molecule has 0 aliphatic rings. The summed E-state index contributed by atoms with van der Waals surface area (Å²) in [6, 6.07) is 12.6.